The van der Waals surface area contributed by atoms with E-state index < -0.39 is 63.9 Å². The maximum atomic E-state index is 13.9. The number of aromatic hydroxyl groups is 1. The maximum Gasteiger partial charge on any atom is 0.491 e. The molecule has 0 aliphatic heterocycles. The first-order chi connectivity index (χ1) is 18.4. The molecule has 0 saturated carbocycles. The number of carbonyl (C=O) groups excluding carboxylic acids is 1. The lowest BCUT2D eigenvalue weighted by atomic mass is 9.95. The highest BCUT2D eigenvalue weighted by Gasteiger charge is 2.42. The van der Waals surface area contributed by atoms with Gasteiger partial charge in [-0.3, -0.25) is 14.9 Å². The molecule has 2 atom stereocenters. The summed E-state index contributed by atoms with van der Waals surface area (Å²) in [4.78, 5) is 35.2. The molecule has 0 aromatic heterocycles. The quantitative estimate of drug-likeness (QED) is 0.125. The van der Waals surface area contributed by atoms with Crippen LogP contribution in [0.5, 0.6) is 11.5 Å². The molecule has 0 aliphatic carbocycles. The van der Waals surface area contributed by atoms with E-state index in [2.05, 4.69) is 10.6 Å². The molecule has 7 nitrogen and oxygen atoms in total. The van der Waals surface area contributed by atoms with Gasteiger partial charge < -0.3 is 15.2 Å². The molecule has 0 heterocycles. The lowest BCUT2D eigenvalue weighted by Gasteiger charge is -2.27. The zero-order chi connectivity index (χ0) is 28.5. The zero-order valence-corrected chi connectivity index (χ0v) is 20.0. The number of nitrogens with one attached hydrogen (secondary N) is 2. The summed E-state index contributed by atoms with van der Waals surface area (Å²) in [7, 11) is 0. The third-order valence-corrected chi connectivity index (χ3v) is 5.90. The van der Waals surface area contributed by atoms with E-state index >= 15 is 0 Å². The van der Waals surface area contributed by atoms with Crippen LogP contribution in [0.3, 0.4) is 0 Å². The van der Waals surface area contributed by atoms with Gasteiger partial charge in [0.25, 0.3) is 10.9 Å². The molecule has 0 amide bonds. The normalized spacial score (nSPS) is 13.2. The molecule has 4 aromatic rings. The van der Waals surface area contributed by atoms with Crippen LogP contribution >= 0.6 is 0 Å². The largest absolute Gasteiger partial charge is 0.502 e. The second-order valence-corrected chi connectivity index (χ2v) is 8.55. The Morgan fingerprint density at radius 2 is 1.56 bits per heavy atom. The molecule has 39 heavy (non-hydrogen) atoms. The van der Waals surface area contributed by atoms with E-state index in [0.717, 1.165) is 18.2 Å². The van der Waals surface area contributed by atoms with Gasteiger partial charge in [-0.15, -0.1) is 0 Å². The van der Waals surface area contributed by atoms with Crippen LogP contribution in [0.2, 0.25) is 0 Å². The minimum Gasteiger partial charge on any atom is -0.502 e. The van der Waals surface area contributed by atoms with Gasteiger partial charge in [-0.05, 0) is 48.4 Å². The van der Waals surface area contributed by atoms with Crippen LogP contribution in [0.25, 0.3) is 0 Å². The number of rotatable bonds is 8. The number of esters is 1. The third kappa shape index (κ3) is 5.80. The van der Waals surface area contributed by atoms with Crippen LogP contribution in [-0.4, -0.2) is 17.3 Å². The average Bonchev–Trinajstić information content (AvgIpc) is 2.90. The van der Waals surface area contributed by atoms with Crippen molar-refractivity contribution < 1.29 is 36.6 Å². The molecular formula is C27H19F5N2O5. The summed E-state index contributed by atoms with van der Waals surface area (Å²) in [6.07, 6.45) is -5.40. The lowest BCUT2D eigenvalue weighted by molar-refractivity contribution is -0.189. The molecule has 0 fully saturated rings. The van der Waals surface area contributed by atoms with Crippen LogP contribution in [-0.2, 0) is 4.79 Å². The van der Waals surface area contributed by atoms with Crippen molar-refractivity contribution in [2.75, 3.05) is 5.32 Å². The Morgan fingerprint density at radius 3 is 2.18 bits per heavy atom. The van der Waals surface area contributed by atoms with E-state index in [1.807, 2.05) is 0 Å². The second kappa shape index (κ2) is 10.7. The number of ether oxygens (including phenoxy) is 1. The summed E-state index contributed by atoms with van der Waals surface area (Å²) in [5.74, 6) is -5.32. The predicted molar refractivity (Wildman–Crippen MR) is 131 cm³/mol. The monoisotopic (exact) mass is 546 g/mol. The third-order valence-electron chi connectivity index (χ3n) is 5.90. The summed E-state index contributed by atoms with van der Waals surface area (Å²) in [5.41, 5.74) is -2.53. The predicted octanol–water partition coefficient (Wildman–Crippen LogP) is 4.92. The molecule has 12 heteroatoms. The number of anilines is 2. The lowest BCUT2D eigenvalue weighted by Crippen LogP contribution is -2.33. The highest BCUT2D eigenvalue weighted by Crippen LogP contribution is 2.40. The van der Waals surface area contributed by atoms with Crippen LogP contribution in [0, 0.1) is 11.6 Å². The van der Waals surface area contributed by atoms with Crippen molar-refractivity contribution in [2.24, 2.45) is 0 Å². The van der Waals surface area contributed by atoms with E-state index in [9.17, 15) is 41.4 Å². The standard InChI is InChI=1S/C27H19F5N2O5/c1-13(15-4-2-5-17(29)12-15)33-20(14-8-10-16(28)11-9-14)18-6-3-7-19(25(18)39-26(38)27(30,31)32)34-21-22(35)24(37)23(21)36/h2-13,20,33-35H,1H3/t13-,20?/m1/s1. The Hall–Kier alpha value is -4.58. The fourth-order valence-electron chi connectivity index (χ4n) is 3.92. The Kier molecular flexibility index (Phi) is 7.50. The molecule has 4 aromatic carbocycles. The van der Waals surface area contributed by atoms with E-state index in [1.54, 1.807) is 13.0 Å². The van der Waals surface area contributed by atoms with Crippen molar-refractivity contribution in [3.05, 3.63) is 116 Å². The van der Waals surface area contributed by atoms with Crippen LogP contribution in [0.4, 0.5) is 33.3 Å². The smallest absolute Gasteiger partial charge is 0.491 e. The number of alkyl halides is 3. The first-order valence-electron chi connectivity index (χ1n) is 11.3. The highest BCUT2D eigenvalue weighted by atomic mass is 19.4. The first kappa shape index (κ1) is 27.5. The summed E-state index contributed by atoms with van der Waals surface area (Å²) in [6, 6.07) is 12.6. The van der Waals surface area contributed by atoms with E-state index in [-0.39, 0.29) is 11.3 Å². The van der Waals surface area contributed by atoms with Crippen molar-refractivity contribution in [3.63, 3.8) is 0 Å². The molecule has 0 bridgehead atoms. The Bertz CT molecular complexity index is 1590. The molecule has 0 spiro atoms. The summed E-state index contributed by atoms with van der Waals surface area (Å²) >= 11 is 0. The molecule has 0 radical (unpaired) electrons. The van der Waals surface area contributed by atoms with Crippen LogP contribution in [0.15, 0.2) is 76.3 Å². The van der Waals surface area contributed by atoms with Crippen molar-refractivity contribution >= 4 is 17.3 Å². The maximum absolute atomic E-state index is 13.9. The fraction of sp³-hybridized carbons (Fsp3) is 0.148. The van der Waals surface area contributed by atoms with Gasteiger partial charge in [-0.25, -0.2) is 13.6 Å². The molecule has 0 aliphatic rings. The van der Waals surface area contributed by atoms with E-state index in [1.165, 1.54) is 42.5 Å². The van der Waals surface area contributed by atoms with Gasteiger partial charge in [-0.1, -0.05) is 36.4 Å². The molecule has 0 saturated heterocycles. The van der Waals surface area contributed by atoms with Crippen LogP contribution < -0.4 is 26.2 Å². The molecule has 3 N–H and O–H groups in total. The number of hydrogen-bond acceptors (Lipinski definition) is 7. The molecule has 4 rings (SSSR count). The van der Waals surface area contributed by atoms with E-state index in [4.69, 9.17) is 4.74 Å². The highest BCUT2D eigenvalue weighted by molar-refractivity contribution is 5.82. The van der Waals surface area contributed by atoms with Gasteiger partial charge in [0.15, 0.2) is 11.5 Å². The molecular weight excluding hydrogens is 527 g/mol. The van der Waals surface area contributed by atoms with Gasteiger partial charge >= 0.3 is 12.1 Å². The van der Waals surface area contributed by atoms with Crippen molar-refractivity contribution in [1.82, 2.24) is 5.32 Å². The van der Waals surface area contributed by atoms with Gasteiger partial charge in [0.05, 0.1) is 11.7 Å². The molecule has 1 unspecified atom stereocenters. The van der Waals surface area contributed by atoms with Gasteiger partial charge in [0, 0.05) is 11.6 Å². The fourth-order valence-corrected chi connectivity index (χ4v) is 3.92. The van der Waals surface area contributed by atoms with Crippen LogP contribution in [0.1, 0.15) is 35.7 Å². The topological polar surface area (TPSA) is 105 Å². The van der Waals surface area contributed by atoms with Gasteiger partial charge in [-0.2, -0.15) is 13.2 Å². The van der Waals surface area contributed by atoms with Gasteiger partial charge in [0.2, 0.25) is 0 Å². The Balaban J connectivity index is 1.86. The zero-order valence-electron chi connectivity index (χ0n) is 20.0. The van der Waals surface area contributed by atoms with Gasteiger partial charge in [0.1, 0.15) is 17.3 Å². The van der Waals surface area contributed by atoms with Crippen molar-refractivity contribution in [2.45, 2.75) is 25.2 Å². The van der Waals surface area contributed by atoms with Crippen molar-refractivity contribution in [1.29, 1.82) is 0 Å². The van der Waals surface area contributed by atoms with Crippen molar-refractivity contribution in [3.8, 4) is 11.5 Å². The minimum atomic E-state index is -5.40. The Morgan fingerprint density at radius 1 is 0.897 bits per heavy atom. The average molecular weight is 546 g/mol. The number of para-hydroxylation sites is 1. The number of carbonyl (C=O) groups is 1. The number of halogens is 5. The Labute approximate surface area is 217 Å². The van der Waals surface area contributed by atoms with E-state index in [0.29, 0.717) is 11.1 Å². The SMILES string of the molecule is C[C@@H](NC(c1ccc(F)cc1)c1cccc(Nc2c(O)c(=O)c2=O)c1OC(=O)C(F)(F)F)c1cccc(F)c1. The summed E-state index contributed by atoms with van der Waals surface area (Å²) in [6.45, 7) is 1.65. The second-order valence-electron chi connectivity index (χ2n) is 8.55. The number of benzene rings is 3. The summed E-state index contributed by atoms with van der Waals surface area (Å²) in [5, 5.41) is 15.2. The number of hydrogen-bond donors (Lipinski definition) is 3. The molecule has 202 valence electrons. The first-order valence-corrected chi connectivity index (χ1v) is 11.3. The summed E-state index contributed by atoms with van der Waals surface area (Å²) < 4.78 is 72.0. The minimum absolute atomic E-state index is 0.0642.